The minimum absolute atomic E-state index is 0.0600. The standard InChI is InChI=1S/C14H20N2O2/c1-11-6-7-12(10-13(11)18-2)14(17)15-16-8-4-3-5-9-16/h6-7,10H,3-5,8-9H2,1-2H3,(H,15,17). The molecule has 0 radical (unpaired) electrons. The van der Waals surface area contributed by atoms with Gasteiger partial charge in [-0.25, -0.2) is 5.01 Å². The quantitative estimate of drug-likeness (QED) is 0.891. The summed E-state index contributed by atoms with van der Waals surface area (Å²) in [4.78, 5) is 12.1. The highest BCUT2D eigenvalue weighted by Gasteiger charge is 2.14. The van der Waals surface area contributed by atoms with Crippen molar-refractivity contribution >= 4 is 5.91 Å². The van der Waals surface area contributed by atoms with Gasteiger partial charge in [0.05, 0.1) is 7.11 Å². The Labute approximate surface area is 108 Å². The normalized spacial score (nSPS) is 16.3. The number of hydrogen-bond donors (Lipinski definition) is 1. The van der Waals surface area contributed by atoms with Crippen LogP contribution < -0.4 is 10.2 Å². The zero-order valence-corrected chi connectivity index (χ0v) is 11.0. The topological polar surface area (TPSA) is 41.6 Å². The lowest BCUT2D eigenvalue weighted by Gasteiger charge is -2.26. The highest BCUT2D eigenvalue weighted by molar-refractivity contribution is 5.94. The summed E-state index contributed by atoms with van der Waals surface area (Å²) in [5.74, 6) is 0.691. The van der Waals surface area contributed by atoms with Crippen LogP contribution in [0.4, 0.5) is 0 Å². The van der Waals surface area contributed by atoms with Crippen LogP contribution >= 0.6 is 0 Å². The predicted octanol–water partition coefficient (Wildman–Crippen LogP) is 2.13. The first kappa shape index (κ1) is 12.9. The molecule has 1 saturated heterocycles. The predicted molar refractivity (Wildman–Crippen MR) is 70.6 cm³/mol. The number of nitrogens with one attached hydrogen (secondary N) is 1. The SMILES string of the molecule is COc1cc(C(=O)NN2CCCCC2)ccc1C. The van der Waals surface area contributed by atoms with Gasteiger partial charge >= 0.3 is 0 Å². The average Bonchev–Trinajstić information content (AvgIpc) is 2.40. The Bertz CT molecular complexity index is 426. The molecule has 1 heterocycles. The van der Waals surface area contributed by atoms with Crippen molar-refractivity contribution < 1.29 is 9.53 Å². The van der Waals surface area contributed by atoms with Gasteiger partial charge in [0.1, 0.15) is 5.75 Å². The number of amides is 1. The third-order valence-corrected chi connectivity index (χ3v) is 3.29. The summed E-state index contributed by atoms with van der Waals surface area (Å²) in [6.45, 7) is 3.84. The smallest absolute Gasteiger partial charge is 0.265 e. The van der Waals surface area contributed by atoms with Crippen molar-refractivity contribution in [3.8, 4) is 5.75 Å². The van der Waals surface area contributed by atoms with E-state index in [0.717, 1.165) is 37.2 Å². The number of rotatable bonds is 3. The molecule has 98 valence electrons. The minimum Gasteiger partial charge on any atom is -0.496 e. The number of piperidine rings is 1. The summed E-state index contributed by atoms with van der Waals surface area (Å²) in [5.41, 5.74) is 4.62. The van der Waals surface area contributed by atoms with Crippen LogP contribution in [0.3, 0.4) is 0 Å². The number of methoxy groups -OCH3 is 1. The molecule has 0 atom stereocenters. The van der Waals surface area contributed by atoms with Gasteiger partial charge in [0.25, 0.3) is 5.91 Å². The molecule has 1 N–H and O–H groups in total. The first-order valence-electron chi connectivity index (χ1n) is 6.41. The van der Waals surface area contributed by atoms with Crippen LogP contribution in [-0.2, 0) is 0 Å². The molecule has 4 heteroatoms. The van der Waals surface area contributed by atoms with Gasteiger partial charge in [0.2, 0.25) is 0 Å². The Morgan fingerprint density at radius 3 is 2.67 bits per heavy atom. The van der Waals surface area contributed by atoms with Crippen LogP contribution in [0.25, 0.3) is 0 Å². The van der Waals surface area contributed by atoms with Crippen molar-refractivity contribution in [3.05, 3.63) is 29.3 Å². The number of aryl methyl sites for hydroxylation is 1. The summed E-state index contributed by atoms with van der Waals surface area (Å²) in [6.07, 6.45) is 3.56. The monoisotopic (exact) mass is 248 g/mol. The lowest BCUT2D eigenvalue weighted by Crippen LogP contribution is -2.45. The maximum atomic E-state index is 12.1. The van der Waals surface area contributed by atoms with E-state index in [4.69, 9.17) is 4.74 Å². The number of ether oxygens (including phenoxy) is 1. The van der Waals surface area contributed by atoms with E-state index in [-0.39, 0.29) is 5.91 Å². The van der Waals surface area contributed by atoms with E-state index < -0.39 is 0 Å². The molecule has 0 aromatic heterocycles. The number of hydrazine groups is 1. The molecule has 1 amide bonds. The summed E-state index contributed by atoms with van der Waals surface area (Å²) < 4.78 is 5.23. The van der Waals surface area contributed by atoms with E-state index in [0.29, 0.717) is 5.56 Å². The van der Waals surface area contributed by atoms with Gasteiger partial charge in [-0.1, -0.05) is 12.5 Å². The van der Waals surface area contributed by atoms with Crippen molar-refractivity contribution in [1.82, 2.24) is 10.4 Å². The van der Waals surface area contributed by atoms with Gasteiger partial charge in [-0.3, -0.25) is 10.2 Å². The Kier molecular flexibility index (Phi) is 4.20. The van der Waals surface area contributed by atoms with Crippen LogP contribution in [0.5, 0.6) is 5.75 Å². The molecule has 0 saturated carbocycles. The zero-order chi connectivity index (χ0) is 13.0. The van der Waals surface area contributed by atoms with Crippen LogP contribution in [0.1, 0.15) is 35.2 Å². The molecule has 1 aromatic carbocycles. The molecule has 4 nitrogen and oxygen atoms in total. The van der Waals surface area contributed by atoms with Gasteiger partial charge in [0, 0.05) is 18.7 Å². The number of carbonyl (C=O) groups excluding carboxylic acids is 1. The maximum absolute atomic E-state index is 12.1. The van der Waals surface area contributed by atoms with Crippen molar-refractivity contribution in [3.63, 3.8) is 0 Å². The Hall–Kier alpha value is -1.55. The highest BCUT2D eigenvalue weighted by Crippen LogP contribution is 2.19. The van der Waals surface area contributed by atoms with Gasteiger partial charge in [0.15, 0.2) is 0 Å². The molecule has 1 fully saturated rings. The molecule has 0 aliphatic carbocycles. The van der Waals surface area contributed by atoms with Crippen LogP contribution in [0.2, 0.25) is 0 Å². The molecule has 2 rings (SSSR count). The van der Waals surface area contributed by atoms with Crippen molar-refractivity contribution in [1.29, 1.82) is 0 Å². The summed E-state index contributed by atoms with van der Waals surface area (Å²) in [6, 6.07) is 5.52. The Morgan fingerprint density at radius 1 is 1.28 bits per heavy atom. The molecular formula is C14H20N2O2. The summed E-state index contributed by atoms with van der Waals surface area (Å²) >= 11 is 0. The number of carbonyl (C=O) groups is 1. The Balaban J connectivity index is 2.03. The van der Waals surface area contributed by atoms with Crippen LogP contribution in [0, 0.1) is 6.92 Å². The third kappa shape index (κ3) is 3.01. The fourth-order valence-electron chi connectivity index (χ4n) is 2.18. The second-order valence-electron chi connectivity index (χ2n) is 4.67. The van der Waals surface area contributed by atoms with Gasteiger partial charge in [-0.05, 0) is 37.5 Å². The van der Waals surface area contributed by atoms with Crippen LogP contribution in [-0.4, -0.2) is 31.1 Å². The molecule has 18 heavy (non-hydrogen) atoms. The van der Waals surface area contributed by atoms with Gasteiger partial charge in [-0.15, -0.1) is 0 Å². The first-order valence-corrected chi connectivity index (χ1v) is 6.41. The molecule has 1 aliphatic heterocycles. The fourth-order valence-corrected chi connectivity index (χ4v) is 2.18. The van der Waals surface area contributed by atoms with E-state index in [1.54, 1.807) is 13.2 Å². The van der Waals surface area contributed by atoms with E-state index in [1.165, 1.54) is 6.42 Å². The summed E-state index contributed by atoms with van der Waals surface area (Å²) in [5, 5.41) is 2.00. The summed E-state index contributed by atoms with van der Waals surface area (Å²) in [7, 11) is 1.62. The first-order chi connectivity index (χ1) is 8.70. The van der Waals surface area contributed by atoms with Gasteiger partial charge < -0.3 is 4.74 Å². The van der Waals surface area contributed by atoms with E-state index in [2.05, 4.69) is 5.43 Å². The molecule has 0 bridgehead atoms. The fraction of sp³-hybridized carbons (Fsp3) is 0.500. The second-order valence-corrected chi connectivity index (χ2v) is 4.67. The highest BCUT2D eigenvalue weighted by atomic mass is 16.5. The third-order valence-electron chi connectivity index (χ3n) is 3.29. The second kappa shape index (κ2) is 5.87. The zero-order valence-electron chi connectivity index (χ0n) is 11.0. The molecule has 1 aromatic rings. The molecule has 0 unspecified atom stereocenters. The molecule has 0 spiro atoms. The van der Waals surface area contributed by atoms with Gasteiger partial charge in [-0.2, -0.15) is 0 Å². The van der Waals surface area contributed by atoms with Crippen molar-refractivity contribution in [2.45, 2.75) is 26.2 Å². The number of hydrogen-bond acceptors (Lipinski definition) is 3. The van der Waals surface area contributed by atoms with E-state index in [1.807, 2.05) is 24.1 Å². The maximum Gasteiger partial charge on any atom is 0.265 e. The number of nitrogens with zero attached hydrogens (tertiary/aromatic N) is 1. The van der Waals surface area contributed by atoms with E-state index >= 15 is 0 Å². The Morgan fingerprint density at radius 2 is 2.00 bits per heavy atom. The van der Waals surface area contributed by atoms with Crippen molar-refractivity contribution in [2.24, 2.45) is 0 Å². The minimum atomic E-state index is -0.0600. The largest absolute Gasteiger partial charge is 0.496 e. The molecule has 1 aliphatic rings. The number of benzene rings is 1. The lowest BCUT2D eigenvalue weighted by atomic mass is 10.1. The lowest BCUT2D eigenvalue weighted by molar-refractivity contribution is 0.0749. The van der Waals surface area contributed by atoms with E-state index in [9.17, 15) is 4.79 Å². The van der Waals surface area contributed by atoms with Crippen molar-refractivity contribution in [2.75, 3.05) is 20.2 Å². The molecular weight excluding hydrogens is 228 g/mol. The van der Waals surface area contributed by atoms with Crippen LogP contribution in [0.15, 0.2) is 18.2 Å². The average molecular weight is 248 g/mol.